The van der Waals surface area contributed by atoms with Crippen LogP contribution in [0.4, 0.5) is 17.1 Å². The van der Waals surface area contributed by atoms with Crippen LogP contribution in [0.5, 0.6) is 5.75 Å². The molecule has 2 aromatic carbocycles. The third-order valence-electron chi connectivity index (χ3n) is 7.17. The smallest absolute Gasteiger partial charge is 0.310 e. The van der Waals surface area contributed by atoms with Gasteiger partial charge in [-0.2, -0.15) is 0 Å². The topological polar surface area (TPSA) is 134 Å². The van der Waals surface area contributed by atoms with Crippen molar-refractivity contribution in [3.8, 4) is 5.75 Å². The van der Waals surface area contributed by atoms with Gasteiger partial charge < -0.3 is 25.4 Å². The summed E-state index contributed by atoms with van der Waals surface area (Å²) in [4.78, 5) is 38.4. The number of methoxy groups -OCH3 is 1. The zero-order chi connectivity index (χ0) is 26.1. The summed E-state index contributed by atoms with van der Waals surface area (Å²) in [6.07, 6.45) is 4.88. The van der Waals surface area contributed by atoms with Crippen LogP contribution in [0.25, 0.3) is 5.57 Å². The fraction of sp³-hybridized carbons (Fsp3) is 0.333. The van der Waals surface area contributed by atoms with Gasteiger partial charge in [0.25, 0.3) is 5.91 Å². The Balaban J connectivity index is 1.38. The number of fused-ring (bicyclic) bond motifs is 1. The van der Waals surface area contributed by atoms with Gasteiger partial charge in [-0.15, -0.1) is 0 Å². The number of rotatable bonds is 6. The Morgan fingerprint density at radius 3 is 2.78 bits per heavy atom. The Hall–Kier alpha value is -4.18. The zero-order valence-corrected chi connectivity index (χ0v) is 20.5. The van der Waals surface area contributed by atoms with Gasteiger partial charge in [0.05, 0.1) is 42.5 Å². The Bertz CT molecular complexity index is 1350. The maximum atomic E-state index is 13.1. The van der Waals surface area contributed by atoms with Crippen LogP contribution in [0.2, 0.25) is 0 Å². The minimum atomic E-state index is -0.482. The molecular weight excluding hydrogens is 476 g/mol. The van der Waals surface area contributed by atoms with Crippen LogP contribution in [0.3, 0.4) is 0 Å². The third kappa shape index (κ3) is 4.79. The average molecular weight is 505 g/mol. The Morgan fingerprint density at radius 2 is 2.03 bits per heavy atom. The van der Waals surface area contributed by atoms with Gasteiger partial charge in [0, 0.05) is 23.9 Å². The number of nitro groups is 1. The SMILES string of the molecule is COc1cc(C2=CC3=C(CC2)C(=O)Nc2cc(CC(=O)N4CCC[C@H]4CO)ccc2N3)ccc1[N+](=O)[O-]. The van der Waals surface area contributed by atoms with Gasteiger partial charge in [-0.05, 0) is 72.7 Å². The molecular formula is C27H28N4O6. The summed E-state index contributed by atoms with van der Waals surface area (Å²) in [5.41, 5.74) is 4.99. The van der Waals surface area contributed by atoms with E-state index in [0.29, 0.717) is 42.0 Å². The highest BCUT2D eigenvalue weighted by Gasteiger charge is 2.29. The largest absolute Gasteiger partial charge is 0.490 e. The molecule has 2 heterocycles. The highest BCUT2D eigenvalue weighted by molar-refractivity contribution is 6.09. The van der Waals surface area contributed by atoms with E-state index in [4.69, 9.17) is 4.74 Å². The molecule has 192 valence electrons. The molecule has 2 aromatic rings. The van der Waals surface area contributed by atoms with Crippen molar-refractivity contribution >= 4 is 34.4 Å². The van der Waals surface area contributed by atoms with E-state index in [-0.39, 0.29) is 42.3 Å². The lowest BCUT2D eigenvalue weighted by Gasteiger charge is -2.23. The van der Waals surface area contributed by atoms with Gasteiger partial charge in [-0.1, -0.05) is 6.07 Å². The quantitative estimate of drug-likeness (QED) is 0.404. The van der Waals surface area contributed by atoms with Gasteiger partial charge in [-0.3, -0.25) is 19.7 Å². The monoisotopic (exact) mass is 504 g/mol. The summed E-state index contributed by atoms with van der Waals surface area (Å²) in [5, 5.41) is 27.1. The first-order valence-corrected chi connectivity index (χ1v) is 12.3. The molecule has 1 atom stereocenters. The van der Waals surface area contributed by atoms with Crippen molar-refractivity contribution < 1.29 is 24.4 Å². The molecule has 1 aliphatic carbocycles. The van der Waals surface area contributed by atoms with E-state index in [1.54, 1.807) is 17.0 Å². The number of aliphatic hydroxyl groups is 1. The molecule has 10 heteroatoms. The molecule has 2 amide bonds. The van der Waals surface area contributed by atoms with Crippen LogP contribution in [-0.2, 0) is 16.0 Å². The number of nitrogens with one attached hydrogen (secondary N) is 2. The summed E-state index contributed by atoms with van der Waals surface area (Å²) in [6.45, 7) is 0.620. The second-order valence-electron chi connectivity index (χ2n) is 9.41. The van der Waals surface area contributed by atoms with E-state index in [1.807, 2.05) is 24.3 Å². The molecule has 0 radical (unpaired) electrons. The molecule has 1 fully saturated rings. The zero-order valence-electron chi connectivity index (χ0n) is 20.5. The van der Waals surface area contributed by atoms with E-state index in [0.717, 1.165) is 29.5 Å². The summed E-state index contributed by atoms with van der Waals surface area (Å²) in [5.74, 6) is -0.0597. The van der Waals surface area contributed by atoms with Crippen molar-refractivity contribution in [2.45, 2.75) is 38.1 Å². The van der Waals surface area contributed by atoms with Gasteiger partial charge in [-0.25, -0.2) is 0 Å². The van der Waals surface area contributed by atoms with E-state index in [1.165, 1.54) is 13.2 Å². The van der Waals surface area contributed by atoms with Gasteiger partial charge in [0.1, 0.15) is 0 Å². The lowest BCUT2D eigenvalue weighted by Crippen LogP contribution is -2.38. The summed E-state index contributed by atoms with van der Waals surface area (Å²) in [6, 6.07) is 10.2. The Morgan fingerprint density at radius 1 is 1.19 bits per heavy atom. The van der Waals surface area contributed by atoms with E-state index >= 15 is 0 Å². The second kappa shape index (κ2) is 10.1. The van der Waals surface area contributed by atoms with Crippen molar-refractivity contribution in [3.63, 3.8) is 0 Å². The number of hydrogen-bond acceptors (Lipinski definition) is 7. The summed E-state index contributed by atoms with van der Waals surface area (Å²) >= 11 is 0. The minimum absolute atomic E-state index is 0.0325. The van der Waals surface area contributed by atoms with Gasteiger partial charge in [0.2, 0.25) is 5.91 Å². The second-order valence-corrected chi connectivity index (χ2v) is 9.41. The summed E-state index contributed by atoms with van der Waals surface area (Å²) in [7, 11) is 1.40. The Kier molecular flexibility index (Phi) is 6.66. The van der Waals surface area contributed by atoms with E-state index in [2.05, 4.69) is 10.6 Å². The van der Waals surface area contributed by atoms with Crippen molar-refractivity contribution in [1.82, 2.24) is 4.90 Å². The number of nitrogens with zero attached hydrogens (tertiary/aromatic N) is 2. The number of ether oxygens (including phenoxy) is 1. The molecule has 5 rings (SSSR count). The van der Waals surface area contributed by atoms with Crippen LogP contribution in [0, 0.1) is 10.1 Å². The highest BCUT2D eigenvalue weighted by atomic mass is 16.6. The van der Waals surface area contributed by atoms with Crippen LogP contribution in [0.15, 0.2) is 53.7 Å². The first-order valence-electron chi connectivity index (χ1n) is 12.3. The molecule has 2 aliphatic heterocycles. The maximum Gasteiger partial charge on any atom is 0.310 e. The molecule has 3 N–H and O–H groups in total. The predicted molar refractivity (Wildman–Crippen MR) is 138 cm³/mol. The predicted octanol–water partition coefficient (Wildman–Crippen LogP) is 3.62. The number of allylic oxidation sites excluding steroid dienone is 2. The first kappa shape index (κ1) is 24.5. The first-order chi connectivity index (χ1) is 17.9. The number of hydrogen-bond donors (Lipinski definition) is 3. The van der Waals surface area contributed by atoms with Gasteiger partial charge in [0.15, 0.2) is 5.75 Å². The fourth-order valence-electron chi connectivity index (χ4n) is 5.22. The average Bonchev–Trinajstić information content (AvgIpc) is 3.33. The minimum Gasteiger partial charge on any atom is -0.490 e. The lowest BCUT2D eigenvalue weighted by molar-refractivity contribution is -0.385. The molecule has 0 spiro atoms. The molecule has 10 nitrogen and oxygen atoms in total. The van der Waals surface area contributed by atoms with Gasteiger partial charge >= 0.3 is 5.69 Å². The standard InChI is InChI=1S/C27H28N4O6/c1-37-25-14-18(6-9-24(25)31(35)36)17-5-7-20-22(13-17)28-21-8-4-16(11-23(21)29-27(20)34)12-26(33)30-10-2-3-19(30)15-32/h4,6,8-9,11,13-14,19,28,32H,2-3,5,7,10,12,15H2,1H3,(H,29,34)/t19-/m0/s1. The van der Waals surface area contributed by atoms with Crippen molar-refractivity contribution in [1.29, 1.82) is 0 Å². The van der Waals surface area contributed by atoms with Crippen molar-refractivity contribution in [3.05, 3.63) is 75.0 Å². The van der Waals surface area contributed by atoms with Crippen molar-refractivity contribution in [2.24, 2.45) is 0 Å². The molecule has 0 saturated carbocycles. The summed E-state index contributed by atoms with van der Waals surface area (Å²) < 4.78 is 5.21. The van der Waals surface area contributed by atoms with E-state index in [9.17, 15) is 24.8 Å². The van der Waals surface area contributed by atoms with Crippen molar-refractivity contribution in [2.75, 3.05) is 30.9 Å². The number of carbonyl (C=O) groups excluding carboxylic acids is 2. The normalized spacial score (nSPS) is 18.8. The molecule has 0 aromatic heterocycles. The number of benzene rings is 2. The van der Waals surface area contributed by atoms with Crippen LogP contribution < -0.4 is 15.4 Å². The van der Waals surface area contributed by atoms with Crippen LogP contribution in [0.1, 0.15) is 36.8 Å². The number of carbonyl (C=O) groups is 2. The molecule has 3 aliphatic rings. The number of anilines is 2. The molecule has 0 unspecified atom stereocenters. The number of aliphatic hydroxyl groups excluding tert-OH is 1. The third-order valence-corrected chi connectivity index (χ3v) is 7.17. The van der Waals surface area contributed by atoms with Crippen LogP contribution in [-0.4, -0.2) is 53.0 Å². The Labute approximate surface area is 213 Å². The number of nitro benzene ring substituents is 1. The number of amides is 2. The lowest BCUT2D eigenvalue weighted by atomic mass is 9.90. The maximum absolute atomic E-state index is 13.1. The number of likely N-dealkylation sites (tertiary alicyclic amines) is 1. The van der Waals surface area contributed by atoms with E-state index < -0.39 is 4.92 Å². The highest BCUT2D eigenvalue weighted by Crippen LogP contribution is 2.38. The van der Waals surface area contributed by atoms with Crippen LogP contribution >= 0.6 is 0 Å². The molecule has 1 saturated heterocycles. The molecule has 37 heavy (non-hydrogen) atoms. The fourth-order valence-corrected chi connectivity index (χ4v) is 5.22. The molecule has 0 bridgehead atoms.